The van der Waals surface area contributed by atoms with Crippen LogP contribution in [0.25, 0.3) is 0 Å². The third kappa shape index (κ3) is 2.51. The van der Waals surface area contributed by atoms with Gasteiger partial charge < -0.3 is 10.0 Å². The summed E-state index contributed by atoms with van der Waals surface area (Å²) in [6.07, 6.45) is 2.88. The second-order valence-corrected chi connectivity index (χ2v) is 5.89. The van der Waals surface area contributed by atoms with E-state index in [0.29, 0.717) is 17.9 Å². The van der Waals surface area contributed by atoms with E-state index in [1.807, 2.05) is 6.20 Å². The normalized spacial score (nSPS) is 19.5. The molecule has 0 fully saturated rings. The van der Waals surface area contributed by atoms with Gasteiger partial charge in [0.05, 0.1) is 11.4 Å². The van der Waals surface area contributed by atoms with Crippen LogP contribution in [0.3, 0.4) is 0 Å². The summed E-state index contributed by atoms with van der Waals surface area (Å²) in [7, 11) is 0. The Morgan fingerprint density at radius 3 is 2.67 bits per heavy atom. The van der Waals surface area contributed by atoms with Crippen LogP contribution in [0.5, 0.6) is 0 Å². The first kappa shape index (κ1) is 13.3. The summed E-state index contributed by atoms with van der Waals surface area (Å²) in [6, 6.07) is 2.72. The minimum atomic E-state index is 0.246. The fraction of sp³-hybridized carbons (Fsp3) is 0.667. The third-order valence-corrected chi connectivity index (χ3v) is 3.76. The van der Waals surface area contributed by atoms with Crippen LogP contribution in [0.4, 0.5) is 5.69 Å². The Bertz CT molecular complexity index is 415. The van der Waals surface area contributed by atoms with Gasteiger partial charge in [-0.3, -0.25) is 4.98 Å². The maximum Gasteiger partial charge on any atom is 0.0641 e. The molecule has 0 aromatic carbocycles. The third-order valence-electron chi connectivity index (χ3n) is 3.76. The molecule has 3 heteroatoms. The summed E-state index contributed by atoms with van der Waals surface area (Å²) in [5.41, 5.74) is 3.70. The second kappa shape index (κ2) is 5.27. The summed E-state index contributed by atoms with van der Waals surface area (Å²) in [5, 5.41) is 9.40. The van der Waals surface area contributed by atoms with Gasteiger partial charge in [0.1, 0.15) is 0 Å². The lowest BCUT2D eigenvalue weighted by atomic mass is 9.94. The van der Waals surface area contributed by atoms with Crippen LogP contribution < -0.4 is 4.90 Å². The highest BCUT2D eigenvalue weighted by molar-refractivity contribution is 5.55. The van der Waals surface area contributed by atoms with E-state index < -0.39 is 0 Å². The zero-order chi connectivity index (χ0) is 13.3. The fourth-order valence-electron chi connectivity index (χ4n) is 2.54. The van der Waals surface area contributed by atoms with Gasteiger partial charge in [0.2, 0.25) is 0 Å². The SMILES string of the molecule is CC(C)c1cnc2c(c1)N(C(C)C)CC(CO)C2. The van der Waals surface area contributed by atoms with Crippen molar-refractivity contribution in [3.63, 3.8) is 0 Å². The van der Waals surface area contributed by atoms with E-state index in [2.05, 4.69) is 43.6 Å². The predicted octanol–water partition coefficient (Wildman–Crippen LogP) is 2.58. The molecule has 1 aliphatic heterocycles. The molecule has 3 nitrogen and oxygen atoms in total. The van der Waals surface area contributed by atoms with E-state index in [1.165, 1.54) is 11.3 Å². The van der Waals surface area contributed by atoms with Crippen molar-refractivity contribution in [2.75, 3.05) is 18.1 Å². The van der Waals surface area contributed by atoms with Crippen molar-refractivity contribution in [1.82, 2.24) is 4.98 Å². The molecule has 0 amide bonds. The van der Waals surface area contributed by atoms with Crippen LogP contribution in [0.2, 0.25) is 0 Å². The molecule has 1 N–H and O–H groups in total. The molecular formula is C15H24N2O. The molecule has 1 atom stereocenters. The highest BCUT2D eigenvalue weighted by Crippen LogP contribution is 2.32. The Morgan fingerprint density at radius 2 is 2.11 bits per heavy atom. The van der Waals surface area contributed by atoms with Crippen LogP contribution in [0, 0.1) is 5.92 Å². The number of rotatable bonds is 3. The molecule has 0 saturated carbocycles. The number of fused-ring (bicyclic) bond motifs is 1. The monoisotopic (exact) mass is 248 g/mol. The fourth-order valence-corrected chi connectivity index (χ4v) is 2.54. The number of nitrogens with zero attached hydrogens (tertiary/aromatic N) is 2. The van der Waals surface area contributed by atoms with Gasteiger partial charge in [0, 0.05) is 31.3 Å². The molecule has 2 heterocycles. The lowest BCUT2D eigenvalue weighted by Gasteiger charge is -2.38. The Balaban J connectivity index is 2.40. The second-order valence-electron chi connectivity index (χ2n) is 5.89. The summed E-state index contributed by atoms with van der Waals surface area (Å²) in [6.45, 7) is 9.97. The highest BCUT2D eigenvalue weighted by Gasteiger charge is 2.27. The molecule has 1 unspecified atom stereocenters. The molecule has 2 rings (SSSR count). The smallest absolute Gasteiger partial charge is 0.0641 e. The Hall–Kier alpha value is -1.09. The van der Waals surface area contributed by atoms with Crippen LogP contribution in [-0.2, 0) is 6.42 Å². The largest absolute Gasteiger partial charge is 0.396 e. The molecule has 1 aromatic heterocycles. The number of hydrogen-bond acceptors (Lipinski definition) is 3. The number of aliphatic hydroxyl groups excluding tert-OH is 1. The molecule has 0 saturated heterocycles. The number of aromatic nitrogens is 1. The molecule has 1 aromatic rings. The summed E-state index contributed by atoms with van der Waals surface area (Å²) < 4.78 is 0. The zero-order valence-electron chi connectivity index (χ0n) is 11.8. The van der Waals surface area contributed by atoms with Gasteiger partial charge in [-0.05, 0) is 37.8 Å². The Kier molecular flexibility index (Phi) is 3.91. The van der Waals surface area contributed by atoms with Crippen LogP contribution in [-0.4, -0.2) is 29.3 Å². The van der Waals surface area contributed by atoms with Gasteiger partial charge in [-0.2, -0.15) is 0 Å². The minimum absolute atomic E-state index is 0.246. The van der Waals surface area contributed by atoms with Gasteiger partial charge in [-0.15, -0.1) is 0 Å². The number of hydrogen-bond donors (Lipinski definition) is 1. The van der Waals surface area contributed by atoms with Gasteiger partial charge in [0.25, 0.3) is 0 Å². The van der Waals surface area contributed by atoms with Gasteiger partial charge in [-0.1, -0.05) is 13.8 Å². The van der Waals surface area contributed by atoms with Crippen LogP contribution in [0.1, 0.15) is 44.9 Å². The van der Waals surface area contributed by atoms with Crippen molar-refractivity contribution in [2.45, 2.75) is 46.1 Å². The average molecular weight is 248 g/mol. The quantitative estimate of drug-likeness (QED) is 0.893. The van der Waals surface area contributed by atoms with E-state index in [-0.39, 0.29) is 6.61 Å². The Morgan fingerprint density at radius 1 is 1.39 bits per heavy atom. The van der Waals surface area contributed by atoms with Crippen molar-refractivity contribution >= 4 is 5.69 Å². The molecule has 1 aliphatic rings. The maximum atomic E-state index is 9.40. The highest BCUT2D eigenvalue weighted by atomic mass is 16.3. The lowest BCUT2D eigenvalue weighted by molar-refractivity contribution is 0.221. The maximum absolute atomic E-state index is 9.40. The van der Waals surface area contributed by atoms with E-state index in [4.69, 9.17) is 0 Å². The first-order valence-electron chi connectivity index (χ1n) is 6.89. The van der Waals surface area contributed by atoms with E-state index in [9.17, 15) is 5.11 Å². The zero-order valence-corrected chi connectivity index (χ0v) is 11.8. The van der Waals surface area contributed by atoms with Crippen LogP contribution in [0.15, 0.2) is 12.3 Å². The summed E-state index contributed by atoms with van der Waals surface area (Å²) in [5.74, 6) is 0.824. The van der Waals surface area contributed by atoms with Crippen molar-refractivity contribution < 1.29 is 5.11 Å². The number of pyridine rings is 1. The van der Waals surface area contributed by atoms with Crippen molar-refractivity contribution in [3.8, 4) is 0 Å². The predicted molar refractivity (Wildman–Crippen MR) is 75.1 cm³/mol. The molecule has 0 radical (unpaired) electrons. The number of aliphatic hydroxyl groups is 1. The molecular weight excluding hydrogens is 224 g/mol. The molecule has 0 spiro atoms. The van der Waals surface area contributed by atoms with Crippen molar-refractivity contribution in [2.24, 2.45) is 5.92 Å². The van der Waals surface area contributed by atoms with Crippen molar-refractivity contribution in [3.05, 3.63) is 23.5 Å². The first-order valence-corrected chi connectivity index (χ1v) is 6.89. The van der Waals surface area contributed by atoms with E-state index in [1.54, 1.807) is 0 Å². The van der Waals surface area contributed by atoms with Gasteiger partial charge >= 0.3 is 0 Å². The molecule has 0 bridgehead atoms. The molecule has 0 aliphatic carbocycles. The van der Waals surface area contributed by atoms with Gasteiger partial charge in [0.15, 0.2) is 0 Å². The lowest BCUT2D eigenvalue weighted by Crippen LogP contribution is -2.41. The minimum Gasteiger partial charge on any atom is -0.396 e. The van der Waals surface area contributed by atoms with Crippen LogP contribution >= 0.6 is 0 Å². The van der Waals surface area contributed by atoms with E-state index in [0.717, 1.165) is 18.7 Å². The summed E-state index contributed by atoms with van der Waals surface area (Å²) in [4.78, 5) is 6.99. The van der Waals surface area contributed by atoms with Gasteiger partial charge in [-0.25, -0.2) is 0 Å². The summed E-state index contributed by atoms with van der Waals surface area (Å²) >= 11 is 0. The standard InChI is InChI=1S/C15H24N2O/c1-10(2)13-6-15-14(16-7-13)5-12(9-18)8-17(15)11(3)4/h6-7,10-12,18H,5,8-9H2,1-4H3. The van der Waals surface area contributed by atoms with E-state index >= 15 is 0 Å². The molecule has 18 heavy (non-hydrogen) atoms. The molecule has 100 valence electrons. The Labute approximate surface area is 110 Å². The first-order chi connectivity index (χ1) is 8.52. The number of anilines is 1. The topological polar surface area (TPSA) is 36.4 Å². The average Bonchev–Trinajstić information content (AvgIpc) is 2.36. The van der Waals surface area contributed by atoms with Crippen molar-refractivity contribution in [1.29, 1.82) is 0 Å².